The first kappa shape index (κ1) is 15.9. The molecular weight excluding hydrogens is 309 g/mol. The van der Waals surface area contributed by atoms with Crippen molar-refractivity contribution in [2.45, 2.75) is 13.8 Å². The van der Waals surface area contributed by atoms with Crippen molar-refractivity contribution >= 4 is 28.2 Å². The summed E-state index contributed by atoms with van der Waals surface area (Å²) < 4.78 is 18.9. The van der Waals surface area contributed by atoms with Crippen LogP contribution in [0.3, 0.4) is 0 Å². The maximum Gasteiger partial charge on any atom is 0.217 e. The van der Waals surface area contributed by atoms with Gasteiger partial charge in [-0.15, -0.1) is 0 Å². The van der Waals surface area contributed by atoms with E-state index in [1.54, 1.807) is 31.2 Å². The van der Waals surface area contributed by atoms with Gasteiger partial charge in [0.1, 0.15) is 11.4 Å². The van der Waals surface area contributed by atoms with Gasteiger partial charge in [-0.25, -0.2) is 4.39 Å². The number of fused-ring (bicyclic) bond motifs is 1. The highest BCUT2D eigenvalue weighted by molar-refractivity contribution is 6.02. The highest BCUT2D eigenvalue weighted by atomic mass is 19.1. The summed E-state index contributed by atoms with van der Waals surface area (Å²) in [5.41, 5.74) is 2.35. The maximum atomic E-state index is 13.3. The molecular formula is C19H16FNO3. The Morgan fingerprint density at radius 2 is 1.96 bits per heavy atom. The fraction of sp³-hybridized carbons (Fsp3) is 0.158. The molecule has 0 atom stereocenters. The minimum Gasteiger partial charge on any atom is -0.453 e. The van der Waals surface area contributed by atoms with Crippen molar-refractivity contribution in [1.29, 1.82) is 0 Å². The molecule has 0 radical (unpaired) electrons. The van der Waals surface area contributed by atoms with Crippen molar-refractivity contribution in [3.05, 3.63) is 65.2 Å². The smallest absolute Gasteiger partial charge is 0.217 e. The van der Waals surface area contributed by atoms with Gasteiger partial charge in [-0.2, -0.15) is 0 Å². The average Bonchev–Trinajstić information content (AvgIpc) is 2.89. The fourth-order valence-electron chi connectivity index (χ4n) is 2.57. The van der Waals surface area contributed by atoms with Gasteiger partial charge >= 0.3 is 0 Å². The first-order valence-electron chi connectivity index (χ1n) is 7.52. The molecule has 3 rings (SSSR count). The van der Waals surface area contributed by atoms with Crippen molar-refractivity contribution in [2.75, 3.05) is 11.9 Å². The summed E-state index contributed by atoms with van der Waals surface area (Å²) in [5, 5.41) is 3.58. The van der Waals surface area contributed by atoms with E-state index >= 15 is 0 Å². The van der Waals surface area contributed by atoms with Gasteiger partial charge in [0.25, 0.3) is 0 Å². The lowest BCUT2D eigenvalue weighted by Crippen LogP contribution is -2.14. The largest absolute Gasteiger partial charge is 0.453 e. The maximum absolute atomic E-state index is 13.3. The number of ketones is 2. The summed E-state index contributed by atoms with van der Waals surface area (Å²) in [7, 11) is 0. The van der Waals surface area contributed by atoms with Gasteiger partial charge in [-0.3, -0.25) is 9.59 Å². The Morgan fingerprint density at radius 1 is 1.17 bits per heavy atom. The second kappa shape index (κ2) is 6.28. The highest BCUT2D eigenvalue weighted by Gasteiger charge is 2.17. The Kier molecular flexibility index (Phi) is 4.16. The molecule has 122 valence electrons. The lowest BCUT2D eigenvalue weighted by atomic mass is 10.1. The first-order chi connectivity index (χ1) is 11.5. The molecule has 5 heteroatoms. The van der Waals surface area contributed by atoms with Crippen LogP contribution in [0.4, 0.5) is 10.1 Å². The molecule has 2 aromatic carbocycles. The number of hydrogen-bond donors (Lipinski definition) is 1. The number of carbonyl (C=O) groups excluding carboxylic acids is 2. The second-order valence-corrected chi connectivity index (χ2v) is 5.61. The van der Waals surface area contributed by atoms with Crippen LogP contribution in [0.15, 0.2) is 46.9 Å². The van der Waals surface area contributed by atoms with Crippen LogP contribution in [0.2, 0.25) is 0 Å². The van der Waals surface area contributed by atoms with Crippen LogP contribution in [0.5, 0.6) is 0 Å². The minimum atomic E-state index is -0.371. The predicted molar refractivity (Wildman–Crippen MR) is 90.2 cm³/mol. The Balaban J connectivity index is 1.79. The molecule has 1 aromatic heterocycles. The van der Waals surface area contributed by atoms with Crippen LogP contribution < -0.4 is 5.32 Å². The van der Waals surface area contributed by atoms with Gasteiger partial charge in [-0.05, 0) is 44.2 Å². The molecule has 0 unspecified atom stereocenters. The quantitative estimate of drug-likeness (QED) is 0.707. The number of halogens is 1. The number of anilines is 1. The summed E-state index contributed by atoms with van der Waals surface area (Å²) in [6, 6.07) is 11.1. The standard InChI is InChI=1S/C19H16FNO3/c1-11-16-9-14(20)6-7-18(16)24-19(11)17(23)10-21-15-5-3-4-13(8-15)12(2)22/h3-9,21H,10H2,1-2H3. The Labute approximate surface area is 138 Å². The van der Waals surface area contributed by atoms with Gasteiger partial charge in [0, 0.05) is 22.2 Å². The Bertz CT molecular complexity index is 943. The van der Waals surface area contributed by atoms with Gasteiger partial charge in [0.2, 0.25) is 5.78 Å². The number of benzene rings is 2. The number of Topliss-reactive ketones (excluding diaryl/α,β-unsaturated/α-hetero) is 2. The van der Waals surface area contributed by atoms with Crippen molar-refractivity contribution < 1.29 is 18.4 Å². The summed E-state index contributed by atoms with van der Waals surface area (Å²) >= 11 is 0. The van der Waals surface area contributed by atoms with E-state index in [1.807, 2.05) is 0 Å². The van der Waals surface area contributed by atoms with Gasteiger partial charge in [0.15, 0.2) is 11.5 Å². The SMILES string of the molecule is CC(=O)c1cccc(NCC(=O)c2oc3ccc(F)cc3c2C)c1. The van der Waals surface area contributed by atoms with E-state index in [0.29, 0.717) is 27.8 Å². The van der Waals surface area contributed by atoms with Crippen LogP contribution in [-0.4, -0.2) is 18.1 Å². The van der Waals surface area contributed by atoms with E-state index in [1.165, 1.54) is 25.1 Å². The highest BCUT2D eigenvalue weighted by Crippen LogP contribution is 2.26. The van der Waals surface area contributed by atoms with Crippen molar-refractivity contribution in [3.8, 4) is 0 Å². The first-order valence-corrected chi connectivity index (χ1v) is 7.52. The van der Waals surface area contributed by atoms with E-state index in [-0.39, 0.29) is 29.7 Å². The molecule has 0 amide bonds. The van der Waals surface area contributed by atoms with E-state index in [9.17, 15) is 14.0 Å². The predicted octanol–water partition coefficient (Wildman–Crippen LogP) is 4.38. The number of carbonyl (C=O) groups is 2. The minimum absolute atomic E-state index is 0.0184. The number of nitrogens with one attached hydrogen (secondary N) is 1. The van der Waals surface area contributed by atoms with Crippen LogP contribution in [0.25, 0.3) is 11.0 Å². The molecule has 0 aliphatic rings. The normalized spacial score (nSPS) is 10.8. The number of furan rings is 1. The zero-order valence-electron chi connectivity index (χ0n) is 13.4. The van der Waals surface area contributed by atoms with Gasteiger partial charge < -0.3 is 9.73 Å². The summed E-state index contributed by atoms with van der Waals surface area (Å²) in [6.07, 6.45) is 0. The molecule has 24 heavy (non-hydrogen) atoms. The average molecular weight is 325 g/mol. The van der Waals surface area contributed by atoms with Crippen molar-refractivity contribution in [2.24, 2.45) is 0 Å². The number of hydrogen-bond acceptors (Lipinski definition) is 4. The molecule has 1 heterocycles. The number of rotatable bonds is 5. The third-order valence-corrected chi connectivity index (χ3v) is 3.87. The summed E-state index contributed by atoms with van der Waals surface area (Å²) in [5.74, 6) is -0.437. The third kappa shape index (κ3) is 3.06. The molecule has 0 bridgehead atoms. The van der Waals surface area contributed by atoms with Gasteiger partial charge in [0.05, 0.1) is 6.54 Å². The fourth-order valence-corrected chi connectivity index (χ4v) is 2.57. The van der Waals surface area contributed by atoms with Crippen LogP contribution in [0, 0.1) is 12.7 Å². The molecule has 4 nitrogen and oxygen atoms in total. The van der Waals surface area contributed by atoms with E-state index in [4.69, 9.17) is 4.42 Å². The van der Waals surface area contributed by atoms with Crippen LogP contribution in [-0.2, 0) is 0 Å². The van der Waals surface area contributed by atoms with Crippen molar-refractivity contribution in [3.63, 3.8) is 0 Å². The van der Waals surface area contributed by atoms with E-state index < -0.39 is 0 Å². The van der Waals surface area contributed by atoms with E-state index in [0.717, 1.165) is 0 Å². The topological polar surface area (TPSA) is 59.3 Å². The Morgan fingerprint density at radius 3 is 2.71 bits per heavy atom. The van der Waals surface area contributed by atoms with Gasteiger partial charge in [-0.1, -0.05) is 12.1 Å². The summed E-state index contributed by atoms with van der Waals surface area (Å²) in [6.45, 7) is 3.24. The molecule has 1 N–H and O–H groups in total. The molecule has 3 aromatic rings. The lowest BCUT2D eigenvalue weighted by molar-refractivity contribution is 0.0980. The third-order valence-electron chi connectivity index (χ3n) is 3.87. The summed E-state index contributed by atoms with van der Waals surface area (Å²) in [4.78, 5) is 23.8. The van der Waals surface area contributed by atoms with E-state index in [2.05, 4.69) is 5.32 Å². The van der Waals surface area contributed by atoms with Crippen LogP contribution in [0.1, 0.15) is 33.4 Å². The zero-order chi connectivity index (χ0) is 17.3. The van der Waals surface area contributed by atoms with Crippen molar-refractivity contribution in [1.82, 2.24) is 0 Å². The second-order valence-electron chi connectivity index (χ2n) is 5.61. The monoisotopic (exact) mass is 325 g/mol. The lowest BCUT2D eigenvalue weighted by Gasteiger charge is -2.06. The molecule has 0 fully saturated rings. The molecule has 0 spiro atoms. The molecule has 0 saturated carbocycles. The molecule has 0 aliphatic carbocycles. The number of aryl methyl sites for hydroxylation is 1. The molecule has 0 saturated heterocycles. The zero-order valence-corrected chi connectivity index (χ0v) is 13.4. The molecule has 0 aliphatic heterocycles. The Hall–Kier alpha value is -2.95. The van der Waals surface area contributed by atoms with Crippen LogP contribution >= 0.6 is 0 Å².